The molecule has 0 aliphatic rings. The fourth-order valence-electron chi connectivity index (χ4n) is 3.22. The number of rotatable bonds is 10. The zero-order chi connectivity index (χ0) is 22.1. The van der Waals surface area contributed by atoms with Crippen LogP contribution in [-0.4, -0.2) is 45.4 Å². The van der Waals surface area contributed by atoms with Gasteiger partial charge in [0.25, 0.3) is 0 Å². The summed E-state index contributed by atoms with van der Waals surface area (Å²) in [5.74, 6) is 0.114. The van der Waals surface area contributed by atoms with Gasteiger partial charge in [-0.25, -0.2) is 0 Å². The first kappa shape index (κ1) is 22.7. The molecular formula is C25H24N2O2S2. The molecule has 0 aromatic heterocycles. The van der Waals surface area contributed by atoms with E-state index in [1.165, 1.54) is 5.49 Å². The number of carbonyl (C=O) groups is 1. The van der Waals surface area contributed by atoms with E-state index in [0.29, 0.717) is 23.9 Å². The fraction of sp³-hybridized carbons (Fsp3) is 0.160. The lowest BCUT2D eigenvalue weighted by atomic mass is 10.0. The van der Waals surface area contributed by atoms with Crippen molar-refractivity contribution in [3.63, 3.8) is 0 Å². The van der Waals surface area contributed by atoms with Crippen LogP contribution in [0.4, 0.5) is 0 Å². The molecule has 0 bridgehead atoms. The summed E-state index contributed by atoms with van der Waals surface area (Å²) in [7, 11) is 0. The summed E-state index contributed by atoms with van der Waals surface area (Å²) < 4.78 is 0. The summed E-state index contributed by atoms with van der Waals surface area (Å²) in [6.45, 7) is 0.545. The molecule has 0 amide bonds. The van der Waals surface area contributed by atoms with Crippen LogP contribution < -0.4 is 0 Å². The first-order chi connectivity index (χ1) is 15.1. The van der Waals surface area contributed by atoms with Crippen LogP contribution in [0.15, 0.2) is 84.9 Å². The largest absolute Gasteiger partial charge is 0.481 e. The van der Waals surface area contributed by atoms with E-state index >= 15 is 0 Å². The van der Waals surface area contributed by atoms with Crippen molar-refractivity contribution in [2.24, 2.45) is 0 Å². The molecule has 0 saturated heterocycles. The van der Waals surface area contributed by atoms with Crippen LogP contribution >= 0.6 is 24.0 Å². The standard InChI is InChI=1S/C25H24N2O2S2/c26-24(22-13-7-12-21(16-22)19-8-3-1-4-9-19)27(18-30)14-15-31-17-23(25(28)29)20-10-5-2-6-11-20/h1-13,16,18,23,26H,14-15,17H2,(H,28,29). The number of nitrogens with one attached hydrogen (secondary N) is 1. The Bertz CT molecular complexity index is 1030. The highest BCUT2D eigenvalue weighted by atomic mass is 32.2. The van der Waals surface area contributed by atoms with Crippen molar-refractivity contribution in [1.82, 2.24) is 4.90 Å². The third kappa shape index (κ3) is 6.26. The molecular weight excluding hydrogens is 424 g/mol. The van der Waals surface area contributed by atoms with E-state index in [0.717, 1.165) is 22.3 Å². The number of carboxylic acid groups (broad SMARTS) is 1. The molecule has 0 saturated carbocycles. The van der Waals surface area contributed by atoms with Gasteiger partial charge >= 0.3 is 5.97 Å². The molecule has 31 heavy (non-hydrogen) atoms. The summed E-state index contributed by atoms with van der Waals surface area (Å²) >= 11 is 6.71. The molecule has 4 nitrogen and oxygen atoms in total. The lowest BCUT2D eigenvalue weighted by molar-refractivity contribution is -0.138. The molecule has 3 aromatic rings. The van der Waals surface area contributed by atoms with Crippen LogP contribution in [0.2, 0.25) is 0 Å². The van der Waals surface area contributed by atoms with Crippen LogP contribution in [0, 0.1) is 5.41 Å². The van der Waals surface area contributed by atoms with Crippen molar-refractivity contribution < 1.29 is 9.90 Å². The van der Waals surface area contributed by atoms with Gasteiger partial charge in [-0.3, -0.25) is 10.2 Å². The SMILES string of the molecule is N=C(c1cccc(-c2ccccc2)c1)N(C=S)CCSCC(C(=O)O)c1ccccc1. The van der Waals surface area contributed by atoms with Gasteiger partial charge in [0.2, 0.25) is 0 Å². The zero-order valence-corrected chi connectivity index (χ0v) is 18.6. The minimum absolute atomic E-state index is 0.339. The number of benzene rings is 3. The number of amidine groups is 1. The average Bonchev–Trinajstić information content (AvgIpc) is 2.82. The number of thiocarbonyl (C=S) groups is 1. The maximum Gasteiger partial charge on any atom is 0.311 e. The Morgan fingerprint density at radius 3 is 2.29 bits per heavy atom. The summed E-state index contributed by atoms with van der Waals surface area (Å²) in [5.41, 5.74) is 5.24. The Morgan fingerprint density at radius 2 is 1.65 bits per heavy atom. The van der Waals surface area contributed by atoms with Crippen molar-refractivity contribution >= 4 is 41.3 Å². The number of nitrogens with zero attached hydrogens (tertiary/aromatic N) is 1. The third-order valence-electron chi connectivity index (χ3n) is 4.92. The predicted molar refractivity (Wildman–Crippen MR) is 133 cm³/mol. The molecule has 2 N–H and O–H groups in total. The van der Waals surface area contributed by atoms with Gasteiger partial charge < -0.3 is 10.0 Å². The lowest BCUT2D eigenvalue weighted by Gasteiger charge is -2.21. The van der Waals surface area contributed by atoms with Crippen molar-refractivity contribution in [3.8, 4) is 11.1 Å². The predicted octanol–water partition coefficient (Wildman–Crippen LogP) is 5.54. The first-order valence-electron chi connectivity index (χ1n) is 9.92. The van der Waals surface area contributed by atoms with Gasteiger partial charge in [0.15, 0.2) is 0 Å². The number of carboxylic acids is 1. The molecule has 0 aliphatic carbocycles. The van der Waals surface area contributed by atoms with E-state index in [2.05, 4.69) is 0 Å². The Kier molecular flexibility index (Phi) is 8.38. The second kappa shape index (κ2) is 11.4. The average molecular weight is 449 g/mol. The highest BCUT2D eigenvalue weighted by Gasteiger charge is 2.19. The van der Waals surface area contributed by atoms with Gasteiger partial charge in [0.1, 0.15) is 5.84 Å². The van der Waals surface area contributed by atoms with E-state index in [4.69, 9.17) is 17.6 Å². The quantitative estimate of drug-likeness (QED) is 0.185. The fourth-order valence-corrected chi connectivity index (χ4v) is 4.49. The molecule has 6 heteroatoms. The Balaban J connectivity index is 1.59. The number of thioether (sulfide) groups is 1. The Hall–Kier alpha value is -2.96. The summed E-state index contributed by atoms with van der Waals surface area (Å²) in [6.07, 6.45) is 0. The summed E-state index contributed by atoms with van der Waals surface area (Å²) in [4.78, 5) is 13.4. The van der Waals surface area contributed by atoms with Gasteiger partial charge in [0, 0.05) is 23.6 Å². The first-order valence-corrected chi connectivity index (χ1v) is 11.5. The molecule has 158 valence electrons. The Morgan fingerprint density at radius 1 is 1.00 bits per heavy atom. The second-order valence-electron chi connectivity index (χ2n) is 6.97. The van der Waals surface area contributed by atoms with Gasteiger partial charge in [-0.1, -0.05) is 91.1 Å². The molecule has 0 fully saturated rings. The minimum atomic E-state index is -0.823. The van der Waals surface area contributed by atoms with E-state index in [-0.39, 0.29) is 0 Å². The minimum Gasteiger partial charge on any atom is -0.481 e. The highest BCUT2D eigenvalue weighted by molar-refractivity contribution is 7.99. The van der Waals surface area contributed by atoms with Crippen LogP contribution in [0.1, 0.15) is 17.0 Å². The third-order valence-corrected chi connectivity index (χ3v) is 6.21. The maximum absolute atomic E-state index is 11.6. The number of hydrogen-bond donors (Lipinski definition) is 2. The Labute approximate surface area is 192 Å². The van der Waals surface area contributed by atoms with Crippen LogP contribution in [0.25, 0.3) is 11.1 Å². The van der Waals surface area contributed by atoms with Gasteiger partial charge in [-0.2, -0.15) is 11.8 Å². The molecule has 0 aliphatic heterocycles. The molecule has 0 spiro atoms. The summed E-state index contributed by atoms with van der Waals surface area (Å²) in [5, 5.41) is 18.2. The van der Waals surface area contributed by atoms with Crippen molar-refractivity contribution in [2.45, 2.75) is 5.92 Å². The normalized spacial score (nSPS) is 11.5. The van der Waals surface area contributed by atoms with Crippen LogP contribution in [-0.2, 0) is 4.79 Å². The summed E-state index contributed by atoms with van der Waals surface area (Å²) in [6, 6.07) is 27.2. The molecule has 1 unspecified atom stereocenters. The van der Waals surface area contributed by atoms with E-state index in [9.17, 15) is 9.90 Å². The second-order valence-corrected chi connectivity index (χ2v) is 8.33. The van der Waals surface area contributed by atoms with Gasteiger partial charge in [-0.15, -0.1) is 0 Å². The smallest absolute Gasteiger partial charge is 0.311 e. The molecule has 0 radical (unpaired) electrons. The topological polar surface area (TPSA) is 64.4 Å². The van der Waals surface area contributed by atoms with Gasteiger partial charge in [0.05, 0.1) is 11.4 Å². The molecule has 3 aromatic carbocycles. The van der Waals surface area contributed by atoms with Crippen molar-refractivity contribution in [2.75, 3.05) is 18.1 Å². The van der Waals surface area contributed by atoms with Crippen LogP contribution in [0.5, 0.6) is 0 Å². The van der Waals surface area contributed by atoms with E-state index in [1.54, 1.807) is 16.7 Å². The lowest BCUT2D eigenvalue weighted by Crippen LogP contribution is -2.31. The monoisotopic (exact) mass is 448 g/mol. The zero-order valence-electron chi connectivity index (χ0n) is 17.0. The van der Waals surface area contributed by atoms with E-state index in [1.807, 2.05) is 84.9 Å². The number of hydrogen-bond acceptors (Lipinski definition) is 4. The maximum atomic E-state index is 11.6. The van der Waals surface area contributed by atoms with E-state index < -0.39 is 11.9 Å². The van der Waals surface area contributed by atoms with Gasteiger partial charge in [-0.05, 0) is 22.8 Å². The van der Waals surface area contributed by atoms with Crippen molar-refractivity contribution in [3.05, 3.63) is 96.1 Å². The highest BCUT2D eigenvalue weighted by Crippen LogP contribution is 2.22. The van der Waals surface area contributed by atoms with Crippen molar-refractivity contribution in [1.29, 1.82) is 5.41 Å². The number of aliphatic carboxylic acids is 1. The van der Waals surface area contributed by atoms with Crippen LogP contribution in [0.3, 0.4) is 0 Å². The molecule has 0 heterocycles. The molecule has 1 atom stereocenters. The molecule has 3 rings (SSSR count).